The van der Waals surface area contributed by atoms with Crippen molar-refractivity contribution < 1.29 is 9.47 Å². The number of hydrogen-bond acceptors (Lipinski definition) is 2. The van der Waals surface area contributed by atoms with Gasteiger partial charge in [0.1, 0.15) is 6.10 Å². The second-order valence-corrected chi connectivity index (χ2v) is 2.44. The molecule has 1 heterocycles. The fraction of sp³-hybridized carbons (Fsp3) is 0.778. The summed E-state index contributed by atoms with van der Waals surface area (Å²) in [6.07, 6.45) is 3.29. The van der Waals surface area contributed by atoms with Crippen LogP contribution >= 0.6 is 0 Å². The molecule has 1 aliphatic heterocycles. The fourth-order valence-electron chi connectivity index (χ4n) is 0.523. The molecule has 1 unspecified atom stereocenters. The lowest BCUT2D eigenvalue weighted by molar-refractivity contribution is 0.117. The van der Waals surface area contributed by atoms with Crippen LogP contribution < -0.4 is 0 Å². The van der Waals surface area contributed by atoms with Crippen LogP contribution in [0.4, 0.5) is 0 Å². The lowest BCUT2D eigenvalue weighted by atomic mass is 10.5. The van der Waals surface area contributed by atoms with Crippen LogP contribution in [0.3, 0.4) is 0 Å². The zero-order chi connectivity index (χ0) is 8.53. The molecule has 0 saturated carbocycles. The summed E-state index contributed by atoms with van der Waals surface area (Å²) in [7, 11) is 0. The molecule has 66 valence electrons. The molecule has 2 nitrogen and oxygen atoms in total. The first-order valence-corrected chi connectivity index (χ1v) is 4.11. The van der Waals surface area contributed by atoms with Crippen molar-refractivity contribution in [2.45, 2.75) is 26.4 Å². The van der Waals surface area contributed by atoms with E-state index in [1.807, 2.05) is 6.92 Å². The van der Waals surface area contributed by atoms with Crippen molar-refractivity contribution in [1.29, 1.82) is 0 Å². The molecular weight excluding hydrogens is 140 g/mol. The second kappa shape index (κ2) is 7.76. The summed E-state index contributed by atoms with van der Waals surface area (Å²) in [4.78, 5) is 0. The van der Waals surface area contributed by atoms with Crippen LogP contribution in [-0.2, 0) is 9.47 Å². The lowest BCUT2D eigenvalue weighted by Crippen LogP contribution is -2.01. The predicted octanol–water partition coefficient (Wildman–Crippen LogP) is 2.00. The molecule has 1 saturated heterocycles. The average Bonchev–Trinajstić information content (AvgIpc) is 2.74. The monoisotopic (exact) mass is 158 g/mol. The van der Waals surface area contributed by atoms with Gasteiger partial charge in [-0.3, -0.25) is 0 Å². The molecule has 1 fully saturated rings. The summed E-state index contributed by atoms with van der Waals surface area (Å²) in [6, 6.07) is 0. The Morgan fingerprint density at radius 3 is 2.64 bits per heavy atom. The Balaban J connectivity index is 0.000000292. The molecule has 0 aromatic rings. The van der Waals surface area contributed by atoms with Gasteiger partial charge in [0.15, 0.2) is 0 Å². The Bertz CT molecular complexity index is 87.6. The third kappa shape index (κ3) is 9.66. The van der Waals surface area contributed by atoms with Gasteiger partial charge in [0.25, 0.3) is 0 Å². The van der Waals surface area contributed by atoms with Gasteiger partial charge in [-0.2, -0.15) is 0 Å². The first kappa shape index (κ1) is 10.7. The standard InChI is InChI=1S/C6H12O2.C3H6/c1-2-3-7-4-6-5-8-6;1-3-2/h6H,2-5H2,1H3;3H,1H2,2H3. The van der Waals surface area contributed by atoms with E-state index in [2.05, 4.69) is 13.5 Å². The Morgan fingerprint density at radius 1 is 1.73 bits per heavy atom. The van der Waals surface area contributed by atoms with Crippen LogP contribution in [0.1, 0.15) is 20.3 Å². The molecule has 0 amide bonds. The Hall–Kier alpha value is -0.340. The Kier molecular flexibility index (Phi) is 7.52. The number of ether oxygens (including phenoxy) is 2. The molecule has 0 aromatic heterocycles. The predicted molar refractivity (Wildman–Crippen MR) is 46.7 cm³/mol. The van der Waals surface area contributed by atoms with E-state index in [1.165, 1.54) is 0 Å². The quantitative estimate of drug-likeness (QED) is 0.354. The highest BCUT2D eigenvalue weighted by Gasteiger charge is 2.21. The minimum Gasteiger partial charge on any atom is -0.379 e. The SMILES string of the molecule is C=CC.CCCOCC1CO1. The first-order chi connectivity index (χ1) is 5.35. The van der Waals surface area contributed by atoms with Crippen molar-refractivity contribution in [2.24, 2.45) is 0 Å². The topological polar surface area (TPSA) is 21.8 Å². The van der Waals surface area contributed by atoms with Gasteiger partial charge in [-0.15, -0.1) is 6.58 Å². The molecule has 11 heavy (non-hydrogen) atoms. The maximum Gasteiger partial charge on any atom is 0.104 e. The van der Waals surface area contributed by atoms with Crippen LogP contribution in [0.15, 0.2) is 12.7 Å². The molecule has 0 bridgehead atoms. The van der Waals surface area contributed by atoms with Crippen LogP contribution in [0.25, 0.3) is 0 Å². The van der Waals surface area contributed by atoms with Crippen LogP contribution in [0.2, 0.25) is 0 Å². The van der Waals surface area contributed by atoms with Gasteiger partial charge in [-0.05, 0) is 13.3 Å². The highest BCUT2D eigenvalue weighted by Crippen LogP contribution is 2.08. The second-order valence-electron chi connectivity index (χ2n) is 2.44. The highest BCUT2D eigenvalue weighted by atomic mass is 16.6. The largest absolute Gasteiger partial charge is 0.379 e. The third-order valence-electron chi connectivity index (χ3n) is 1.05. The summed E-state index contributed by atoms with van der Waals surface area (Å²) >= 11 is 0. The fourth-order valence-corrected chi connectivity index (χ4v) is 0.523. The molecule has 0 aliphatic carbocycles. The van der Waals surface area contributed by atoms with Gasteiger partial charge >= 0.3 is 0 Å². The Morgan fingerprint density at radius 2 is 2.27 bits per heavy atom. The maximum atomic E-state index is 5.18. The number of epoxide rings is 1. The summed E-state index contributed by atoms with van der Waals surface area (Å²) in [5, 5.41) is 0. The number of hydrogen-bond donors (Lipinski definition) is 0. The third-order valence-corrected chi connectivity index (χ3v) is 1.05. The molecule has 1 aliphatic rings. The van der Waals surface area contributed by atoms with E-state index in [4.69, 9.17) is 9.47 Å². The van der Waals surface area contributed by atoms with Crippen LogP contribution in [0.5, 0.6) is 0 Å². The highest BCUT2D eigenvalue weighted by molar-refractivity contribution is 4.66. The first-order valence-electron chi connectivity index (χ1n) is 4.11. The molecule has 0 radical (unpaired) electrons. The molecule has 1 rings (SSSR count). The number of allylic oxidation sites excluding steroid dienone is 1. The van der Waals surface area contributed by atoms with E-state index < -0.39 is 0 Å². The van der Waals surface area contributed by atoms with E-state index in [0.29, 0.717) is 6.10 Å². The van der Waals surface area contributed by atoms with Crippen molar-refractivity contribution in [3.8, 4) is 0 Å². The van der Waals surface area contributed by atoms with Gasteiger partial charge in [0, 0.05) is 6.61 Å². The van der Waals surface area contributed by atoms with Crippen molar-refractivity contribution >= 4 is 0 Å². The molecule has 0 aromatic carbocycles. The van der Waals surface area contributed by atoms with Gasteiger partial charge in [-0.25, -0.2) is 0 Å². The van der Waals surface area contributed by atoms with Gasteiger partial charge < -0.3 is 9.47 Å². The van der Waals surface area contributed by atoms with Crippen molar-refractivity contribution in [3.63, 3.8) is 0 Å². The van der Waals surface area contributed by atoms with Crippen molar-refractivity contribution in [1.82, 2.24) is 0 Å². The molecule has 0 N–H and O–H groups in total. The van der Waals surface area contributed by atoms with E-state index >= 15 is 0 Å². The van der Waals surface area contributed by atoms with Gasteiger partial charge in [-0.1, -0.05) is 13.0 Å². The Labute approximate surface area is 69.2 Å². The van der Waals surface area contributed by atoms with E-state index in [9.17, 15) is 0 Å². The minimum atomic E-state index is 0.432. The van der Waals surface area contributed by atoms with Crippen LogP contribution in [0, 0.1) is 0 Å². The average molecular weight is 158 g/mol. The minimum absolute atomic E-state index is 0.432. The molecular formula is C9H18O2. The van der Waals surface area contributed by atoms with E-state index in [0.717, 1.165) is 26.2 Å². The summed E-state index contributed by atoms with van der Waals surface area (Å²) < 4.78 is 10.1. The summed E-state index contributed by atoms with van der Waals surface area (Å²) in [5.74, 6) is 0. The molecule has 0 spiro atoms. The summed E-state index contributed by atoms with van der Waals surface area (Å²) in [6.45, 7) is 9.94. The lowest BCUT2D eigenvalue weighted by Gasteiger charge is -1.95. The van der Waals surface area contributed by atoms with Gasteiger partial charge in [0.2, 0.25) is 0 Å². The normalized spacial score (nSPS) is 20.0. The zero-order valence-electron chi connectivity index (χ0n) is 7.51. The smallest absolute Gasteiger partial charge is 0.104 e. The van der Waals surface area contributed by atoms with Crippen molar-refractivity contribution in [2.75, 3.05) is 19.8 Å². The molecule has 1 atom stereocenters. The zero-order valence-corrected chi connectivity index (χ0v) is 7.51. The van der Waals surface area contributed by atoms with Crippen LogP contribution in [-0.4, -0.2) is 25.9 Å². The van der Waals surface area contributed by atoms with E-state index in [1.54, 1.807) is 6.08 Å². The molecule has 2 heteroatoms. The van der Waals surface area contributed by atoms with E-state index in [-0.39, 0.29) is 0 Å². The maximum absolute atomic E-state index is 5.18. The summed E-state index contributed by atoms with van der Waals surface area (Å²) in [5.41, 5.74) is 0. The number of rotatable bonds is 4. The van der Waals surface area contributed by atoms with Gasteiger partial charge in [0.05, 0.1) is 13.2 Å². The van der Waals surface area contributed by atoms with Crippen molar-refractivity contribution in [3.05, 3.63) is 12.7 Å².